The maximum Gasteiger partial charge on any atom is 0.256 e. The topological polar surface area (TPSA) is 87.2 Å². The van der Waals surface area contributed by atoms with Crippen LogP contribution in [0.25, 0.3) is 10.1 Å². The predicted octanol–water partition coefficient (Wildman–Crippen LogP) is 6.87. The first-order valence-electron chi connectivity index (χ1n) is 14.8. The molecule has 1 aliphatic heterocycles. The van der Waals surface area contributed by atoms with Crippen LogP contribution >= 0.6 is 11.3 Å². The molecular formula is C35H40N2O5S. The van der Waals surface area contributed by atoms with Crippen molar-refractivity contribution >= 4 is 39.0 Å². The van der Waals surface area contributed by atoms with Crippen LogP contribution in [-0.2, 0) is 22.6 Å². The van der Waals surface area contributed by atoms with Crippen molar-refractivity contribution < 1.29 is 24.2 Å². The van der Waals surface area contributed by atoms with Crippen LogP contribution in [0.1, 0.15) is 61.5 Å². The molecule has 43 heavy (non-hydrogen) atoms. The standard InChI is InChI=1S/C33H34N2O5S.C2H6/c1-23(36)8-7-16-34(21-25-10-5-11-26(37)18-25)32(39)33(20-24-9-6-12-27(19-24)40-2)15-17-35(33)31(38)29-22-41-30-14-4-3-13-28(29)30;1-2/h3-6,9-14,18-19,22,37H,7-8,15-17,20-21H2,1-2H3;1-2H3. The summed E-state index contributed by atoms with van der Waals surface area (Å²) in [6.07, 6.45) is 1.72. The molecular weight excluding hydrogens is 560 g/mol. The van der Waals surface area contributed by atoms with E-state index in [0.29, 0.717) is 50.1 Å². The molecule has 1 aromatic heterocycles. The lowest BCUT2D eigenvalue weighted by atomic mass is 9.77. The van der Waals surface area contributed by atoms with Crippen molar-refractivity contribution in [1.29, 1.82) is 0 Å². The molecule has 7 nitrogen and oxygen atoms in total. The van der Waals surface area contributed by atoms with E-state index in [0.717, 1.165) is 21.2 Å². The van der Waals surface area contributed by atoms with Gasteiger partial charge in [-0.3, -0.25) is 9.59 Å². The van der Waals surface area contributed by atoms with E-state index in [1.165, 1.54) is 11.3 Å². The van der Waals surface area contributed by atoms with Gasteiger partial charge in [0.05, 0.1) is 12.7 Å². The smallest absolute Gasteiger partial charge is 0.256 e. The molecule has 0 spiro atoms. The Bertz CT molecular complexity index is 1580. The van der Waals surface area contributed by atoms with Crippen LogP contribution in [-0.4, -0.2) is 58.2 Å². The maximum atomic E-state index is 14.7. The number of benzene rings is 3. The maximum absolute atomic E-state index is 14.7. The quantitative estimate of drug-likeness (QED) is 0.203. The zero-order valence-electron chi connectivity index (χ0n) is 25.3. The molecule has 1 fully saturated rings. The van der Waals surface area contributed by atoms with E-state index >= 15 is 0 Å². The molecule has 1 N–H and O–H groups in total. The van der Waals surface area contributed by atoms with Crippen LogP contribution < -0.4 is 4.74 Å². The highest BCUT2D eigenvalue weighted by Crippen LogP contribution is 2.40. The van der Waals surface area contributed by atoms with Gasteiger partial charge in [-0.05, 0) is 61.2 Å². The van der Waals surface area contributed by atoms with Crippen molar-refractivity contribution in [3.8, 4) is 11.5 Å². The van der Waals surface area contributed by atoms with Gasteiger partial charge in [-0.1, -0.05) is 56.3 Å². The van der Waals surface area contributed by atoms with Crippen molar-refractivity contribution in [1.82, 2.24) is 9.80 Å². The van der Waals surface area contributed by atoms with Gasteiger partial charge in [0.25, 0.3) is 5.91 Å². The number of hydrogen-bond donors (Lipinski definition) is 1. The summed E-state index contributed by atoms with van der Waals surface area (Å²) in [5.41, 5.74) is 1.17. The summed E-state index contributed by atoms with van der Waals surface area (Å²) in [4.78, 5) is 44.0. The largest absolute Gasteiger partial charge is 0.508 e. The van der Waals surface area contributed by atoms with Gasteiger partial charge < -0.3 is 24.4 Å². The summed E-state index contributed by atoms with van der Waals surface area (Å²) in [7, 11) is 1.60. The Hall–Kier alpha value is -4.17. The van der Waals surface area contributed by atoms with E-state index in [4.69, 9.17) is 4.74 Å². The molecule has 3 aromatic carbocycles. The van der Waals surface area contributed by atoms with Crippen molar-refractivity contribution in [2.45, 2.75) is 58.5 Å². The first-order chi connectivity index (χ1) is 20.8. The van der Waals surface area contributed by atoms with Crippen molar-refractivity contribution in [2.75, 3.05) is 20.2 Å². The van der Waals surface area contributed by atoms with E-state index in [1.807, 2.05) is 73.8 Å². The minimum absolute atomic E-state index is 0.0608. The highest BCUT2D eigenvalue weighted by molar-refractivity contribution is 7.17. The zero-order valence-corrected chi connectivity index (χ0v) is 26.2. The molecule has 0 aliphatic carbocycles. The molecule has 1 saturated heterocycles. The van der Waals surface area contributed by atoms with E-state index in [-0.39, 0.29) is 29.9 Å². The number of rotatable bonds is 11. The number of phenols is 1. The lowest BCUT2D eigenvalue weighted by Crippen LogP contribution is -2.70. The molecule has 1 aliphatic rings. The lowest BCUT2D eigenvalue weighted by Gasteiger charge is -2.53. The Labute approximate surface area is 257 Å². The summed E-state index contributed by atoms with van der Waals surface area (Å²) in [6, 6.07) is 22.3. The third-order valence-corrected chi connectivity index (χ3v) is 8.74. The molecule has 1 atom stereocenters. The van der Waals surface area contributed by atoms with Crippen LogP contribution in [0.15, 0.2) is 78.2 Å². The van der Waals surface area contributed by atoms with Gasteiger partial charge in [0.2, 0.25) is 5.91 Å². The molecule has 0 bridgehead atoms. The van der Waals surface area contributed by atoms with Crippen molar-refractivity contribution in [3.05, 3.63) is 94.9 Å². The van der Waals surface area contributed by atoms with Gasteiger partial charge in [-0.15, -0.1) is 11.3 Å². The number of hydrogen-bond acceptors (Lipinski definition) is 6. The molecule has 226 valence electrons. The Morgan fingerprint density at radius 2 is 1.74 bits per heavy atom. The van der Waals surface area contributed by atoms with Gasteiger partial charge in [0.1, 0.15) is 22.8 Å². The molecule has 0 radical (unpaired) electrons. The number of amides is 2. The zero-order chi connectivity index (χ0) is 31.0. The van der Waals surface area contributed by atoms with E-state index in [1.54, 1.807) is 42.0 Å². The number of aromatic hydroxyl groups is 1. The average Bonchev–Trinajstić information content (AvgIpc) is 3.44. The molecule has 2 heterocycles. The number of thiophene rings is 1. The van der Waals surface area contributed by atoms with E-state index in [2.05, 4.69) is 0 Å². The Balaban J connectivity index is 0.00000207. The second-order valence-electron chi connectivity index (χ2n) is 10.6. The third-order valence-electron chi connectivity index (χ3n) is 7.78. The number of ketones is 1. The van der Waals surface area contributed by atoms with Gasteiger partial charge >= 0.3 is 0 Å². The van der Waals surface area contributed by atoms with Crippen LogP contribution in [0, 0.1) is 0 Å². The minimum Gasteiger partial charge on any atom is -0.508 e. The third kappa shape index (κ3) is 7.08. The number of Topliss-reactive ketones (excluding diaryl/α,β-unsaturated/α-hetero) is 1. The number of ether oxygens (including phenoxy) is 1. The summed E-state index contributed by atoms with van der Waals surface area (Å²) < 4.78 is 6.47. The Kier molecular flexibility index (Phi) is 10.6. The highest BCUT2D eigenvalue weighted by Gasteiger charge is 2.55. The normalized spacial score (nSPS) is 15.7. The average molecular weight is 601 g/mol. The van der Waals surface area contributed by atoms with Gasteiger partial charge in [0.15, 0.2) is 0 Å². The summed E-state index contributed by atoms with van der Waals surface area (Å²) in [6.45, 7) is 6.63. The number of nitrogens with zero attached hydrogens (tertiary/aromatic N) is 2. The van der Waals surface area contributed by atoms with Crippen molar-refractivity contribution in [3.63, 3.8) is 0 Å². The van der Waals surface area contributed by atoms with Gasteiger partial charge in [-0.2, -0.15) is 0 Å². The number of likely N-dealkylation sites (tertiary alicyclic amines) is 1. The van der Waals surface area contributed by atoms with Crippen LogP contribution in [0.3, 0.4) is 0 Å². The van der Waals surface area contributed by atoms with Crippen molar-refractivity contribution in [2.24, 2.45) is 0 Å². The number of carbonyl (C=O) groups excluding carboxylic acids is 3. The Morgan fingerprint density at radius 3 is 2.44 bits per heavy atom. The molecule has 1 unspecified atom stereocenters. The molecule has 2 amide bonds. The number of carbonyl (C=O) groups is 3. The van der Waals surface area contributed by atoms with Gasteiger partial charge in [-0.25, -0.2) is 0 Å². The SMILES string of the molecule is CC.COc1cccc(CC2(C(=O)N(CCCC(C)=O)Cc3cccc(O)c3)CCN2C(=O)c2csc3ccccc23)c1. The van der Waals surface area contributed by atoms with Crippen LogP contribution in [0.5, 0.6) is 11.5 Å². The second-order valence-corrected chi connectivity index (χ2v) is 11.5. The molecule has 8 heteroatoms. The first kappa shape index (κ1) is 31.8. The monoisotopic (exact) mass is 600 g/mol. The minimum atomic E-state index is -1.10. The fraction of sp³-hybridized carbons (Fsp3) is 0.343. The number of phenolic OH excluding ortho intramolecular Hbond substituents is 1. The number of fused-ring (bicyclic) bond motifs is 1. The first-order valence-corrected chi connectivity index (χ1v) is 15.7. The molecule has 0 saturated carbocycles. The van der Waals surface area contributed by atoms with E-state index < -0.39 is 5.54 Å². The second kappa shape index (κ2) is 14.3. The fourth-order valence-electron chi connectivity index (χ4n) is 5.62. The summed E-state index contributed by atoms with van der Waals surface area (Å²) in [5, 5.41) is 12.8. The van der Waals surface area contributed by atoms with Gasteiger partial charge in [0, 0.05) is 47.9 Å². The van der Waals surface area contributed by atoms with Crippen LogP contribution in [0.4, 0.5) is 0 Å². The predicted molar refractivity (Wildman–Crippen MR) is 172 cm³/mol. The summed E-state index contributed by atoms with van der Waals surface area (Å²) >= 11 is 1.52. The molecule has 4 aromatic rings. The fourth-order valence-corrected chi connectivity index (χ4v) is 6.56. The van der Waals surface area contributed by atoms with Crippen LogP contribution in [0.2, 0.25) is 0 Å². The molecule has 5 rings (SSSR count). The number of methoxy groups -OCH3 is 1. The lowest BCUT2D eigenvalue weighted by molar-refractivity contribution is -0.151. The summed E-state index contributed by atoms with van der Waals surface area (Å²) in [5.74, 6) is 0.543. The highest BCUT2D eigenvalue weighted by atomic mass is 32.1. The van der Waals surface area contributed by atoms with E-state index in [9.17, 15) is 19.5 Å². The Morgan fingerprint density at radius 1 is 1.00 bits per heavy atom.